The van der Waals surface area contributed by atoms with Crippen LogP contribution in [0.3, 0.4) is 0 Å². The van der Waals surface area contributed by atoms with Gasteiger partial charge in [0.15, 0.2) is 0 Å². The minimum atomic E-state index is -0.319. The molecule has 2 fully saturated rings. The molecule has 1 aliphatic heterocycles. The monoisotopic (exact) mass is 335 g/mol. The van der Waals surface area contributed by atoms with Crippen molar-refractivity contribution in [1.29, 1.82) is 0 Å². The first-order valence-corrected chi connectivity index (χ1v) is 8.83. The minimum Gasteiger partial charge on any atom is -0.378 e. The first kappa shape index (κ1) is 17.0. The highest BCUT2D eigenvalue weighted by Crippen LogP contribution is 2.25. The number of carbonyl (C=O) groups excluding carboxylic acids is 1. The topological polar surface area (TPSA) is 53.6 Å². The van der Waals surface area contributed by atoms with E-state index in [0.29, 0.717) is 43.6 Å². The minimum absolute atomic E-state index is 0.205. The maximum Gasteiger partial charge on any atom is 0.319 e. The smallest absolute Gasteiger partial charge is 0.319 e. The normalized spacial score (nSPS) is 24.5. The highest BCUT2D eigenvalue weighted by atomic mass is 19.1. The number of ether oxygens (including phenoxy) is 1. The molecule has 2 atom stereocenters. The number of benzene rings is 1. The molecule has 3 rings (SSSR count). The highest BCUT2D eigenvalue weighted by molar-refractivity contribution is 5.89. The third kappa shape index (κ3) is 4.17. The molecule has 1 aliphatic carbocycles. The van der Waals surface area contributed by atoms with Crippen LogP contribution in [0.25, 0.3) is 0 Å². The molecular formula is C18H26FN3O2. The fraction of sp³-hybridized carbons (Fsp3) is 0.611. The van der Waals surface area contributed by atoms with Crippen molar-refractivity contribution in [3.63, 3.8) is 0 Å². The maximum atomic E-state index is 14.4. The van der Waals surface area contributed by atoms with E-state index in [0.717, 1.165) is 19.3 Å². The zero-order valence-electron chi connectivity index (χ0n) is 14.2. The lowest BCUT2D eigenvalue weighted by atomic mass is 9.86. The van der Waals surface area contributed by atoms with Crippen molar-refractivity contribution in [3.05, 3.63) is 24.0 Å². The molecular weight excluding hydrogens is 309 g/mol. The van der Waals surface area contributed by atoms with Gasteiger partial charge in [-0.25, -0.2) is 9.18 Å². The standard InChI is InChI=1S/C18H26FN3O2/c1-13-4-2-3-5-16(13)21-18(23)20-14-6-7-17(15(19)12-14)22-8-10-24-11-9-22/h6-7,12-13,16H,2-5,8-11H2,1H3,(H2,20,21,23). The molecule has 1 aromatic carbocycles. The molecule has 0 spiro atoms. The molecule has 2 amide bonds. The molecule has 24 heavy (non-hydrogen) atoms. The van der Waals surface area contributed by atoms with Crippen LogP contribution < -0.4 is 15.5 Å². The summed E-state index contributed by atoms with van der Waals surface area (Å²) in [5.74, 6) is 0.172. The highest BCUT2D eigenvalue weighted by Gasteiger charge is 2.23. The van der Waals surface area contributed by atoms with Crippen LogP contribution in [0, 0.1) is 11.7 Å². The van der Waals surface area contributed by atoms with Gasteiger partial charge in [0.1, 0.15) is 5.82 Å². The maximum absolute atomic E-state index is 14.4. The number of anilines is 2. The fourth-order valence-electron chi connectivity index (χ4n) is 3.51. The second kappa shape index (κ2) is 7.83. The number of rotatable bonds is 3. The van der Waals surface area contributed by atoms with E-state index in [9.17, 15) is 9.18 Å². The van der Waals surface area contributed by atoms with Crippen molar-refractivity contribution in [3.8, 4) is 0 Å². The molecule has 1 aromatic rings. The average molecular weight is 335 g/mol. The summed E-state index contributed by atoms with van der Waals surface area (Å²) in [6, 6.07) is 4.80. The number of nitrogens with zero attached hydrogens (tertiary/aromatic N) is 1. The molecule has 1 saturated carbocycles. The van der Waals surface area contributed by atoms with E-state index in [-0.39, 0.29) is 17.9 Å². The Labute approximate surface area is 142 Å². The summed E-state index contributed by atoms with van der Waals surface area (Å²) in [5.41, 5.74) is 1.04. The van der Waals surface area contributed by atoms with Crippen LogP contribution >= 0.6 is 0 Å². The Balaban J connectivity index is 1.58. The molecule has 132 valence electrons. The number of hydrogen-bond donors (Lipinski definition) is 2. The van der Waals surface area contributed by atoms with Crippen LogP contribution in [0.2, 0.25) is 0 Å². The van der Waals surface area contributed by atoms with Gasteiger partial charge in [-0.05, 0) is 37.0 Å². The van der Waals surface area contributed by atoms with Crippen molar-refractivity contribution in [2.24, 2.45) is 5.92 Å². The predicted octanol–water partition coefficient (Wildman–Crippen LogP) is 3.36. The van der Waals surface area contributed by atoms with E-state index in [2.05, 4.69) is 17.6 Å². The Kier molecular flexibility index (Phi) is 5.56. The molecule has 6 heteroatoms. The Morgan fingerprint density at radius 3 is 2.71 bits per heavy atom. The third-order valence-electron chi connectivity index (χ3n) is 4.99. The molecule has 0 radical (unpaired) electrons. The van der Waals surface area contributed by atoms with Gasteiger partial charge in [-0.3, -0.25) is 0 Å². The van der Waals surface area contributed by atoms with Gasteiger partial charge in [-0.15, -0.1) is 0 Å². The Morgan fingerprint density at radius 2 is 2.00 bits per heavy atom. The Morgan fingerprint density at radius 1 is 1.25 bits per heavy atom. The SMILES string of the molecule is CC1CCCCC1NC(=O)Nc1ccc(N2CCOCC2)c(F)c1. The number of halogens is 1. The number of carbonyl (C=O) groups is 1. The molecule has 1 saturated heterocycles. The van der Waals surface area contributed by atoms with E-state index in [1.165, 1.54) is 12.5 Å². The van der Waals surface area contributed by atoms with Gasteiger partial charge < -0.3 is 20.3 Å². The average Bonchev–Trinajstić information content (AvgIpc) is 2.58. The predicted molar refractivity (Wildman–Crippen MR) is 93.0 cm³/mol. The van der Waals surface area contributed by atoms with Gasteiger partial charge >= 0.3 is 6.03 Å². The number of urea groups is 1. The van der Waals surface area contributed by atoms with E-state index in [4.69, 9.17) is 4.74 Å². The molecule has 2 N–H and O–H groups in total. The van der Waals surface area contributed by atoms with Crippen LogP contribution in [-0.4, -0.2) is 38.4 Å². The van der Waals surface area contributed by atoms with Crippen molar-refractivity contribution in [2.75, 3.05) is 36.5 Å². The second-order valence-electron chi connectivity index (χ2n) is 6.73. The number of nitrogens with one attached hydrogen (secondary N) is 2. The van der Waals surface area contributed by atoms with E-state index in [1.54, 1.807) is 12.1 Å². The summed E-state index contributed by atoms with van der Waals surface area (Å²) < 4.78 is 19.6. The first-order chi connectivity index (χ1) is 11.6. The Bertz CT molecular complexity index is 575. The van der Waals surface area contributed by atoms with Gasteiger partial charge in [0.25, 0.3) is 0 Å². The lowest BCUT2D eigenvalue weighted by Crippen LogP contribution is -2.43. The summed E-state index contributed by atoms with van der Waals surface area (Å²) in [7, 11) is 0. The molecule has 0 bridgehead atoms. The van der Waals surface area contributed by atoms with Crippen LogP contribution in [0.5, 0.6) is 0 Å². The summed E-state index contributed by atoms with van der Waals surface area (Å²) in [4.78, 5) is 14.1. The lowest BCUT2D eigenvalue weighted by Gasteiger charge is -2.30. The molecule has 2 unspecified atom stereocenters. The third-order valence-corrected chi connectivity index (χ3v) is 4.99. The van der Waals surface area contributed by atoms with Gasteiger partial charge in [-0.2, -0.15) is 0 Å². The van der Waals surface area contributed by atoms with Gasteiger partial charge in [0, 0.05) is 24.8 Å². The summed E-state index contributed by atoms with van der Waals surface area (Å²) >= 11 is 0. The molecule has 0 aromatic heterocycles. The van der Waals surface area contributed by atoms with Crippen molar-refractivity contribution >= 4 is 17.4 Å². The molecule has 1 heterocycles. The number of hydrogen-bond acceptors (Lipinski definition) is 3. The van der Waals surface area contributed by atoms with E-state index >= 15 is 0 Å². The Hall–Kier alpha value is -1.82. The van der Waals surface area contributed by atoms with Gasteiger partial charge in [-0.1, -0.05) is 19.8 Å². The number of amides is 2. The van der Waals surface area contributed by atoms with Gasteiger partial charge in [0.05, 0.1) is 18.9 Å². The van der Waals surface area contributed by atoms with Crippen LogP contribution in [0.4, 0.5) is 20.6 Å². The zero-order chi connectivity index (χ0) is 16.9. The van der Waals surface area contributed by atoms with Crippen molar-refractivity contribution in [1.82, 2.24) is 5.32 Å². The van der Waals surface area contributed by atoms with Crippen LogP contribution in [0.1, 0.15) is 32.6 Å². The second-order valence-corrected chi connectivity index (χ2v) is 6.73. The molecule has 5 nitrogen and oxygen atoms in total. The van der Waals surface area contributed by atoms with Crippen LogP contribution in [0.15, 0.2) is 18.2 Å². The quantitative estimate of drug-likeness (QED) is 0.890. The summed E-state index contributed by atoms with van der Waals surface area (Å²) in [6.07, 6.45) is 4.54. The summed E-state index contributed by atoms with van der Waals surface area (Å²) in [5, 5.41) is 5.76. The van der Waals surface area contributed by atoms with Gasteiger partial charge in [0.2, 0.25) is 0 Å². The van der Waals surface area contributed by atoms with E-state index in [1.807, 2.05) is 4.90 Å². The zero-order valence-corrected chi connectivity index (χ0v) is 14.2. The van der Waals surface area contributed by atoms with Crippen molar-refractivity contribution < 1.29 is 13.9 Å². The fourth-order valence-corrected chi connectivity index (χ4v) is 3.51. The van der Waals surface area contributed by atoms with Crippen molar-refractivity contribution in [2.45, 2.75) is 38.6 Å². The van der Waals surface area contributed by atoms with E-state index < -0.39 is 0 Å². The van der Waals surface area contributed by atoms with Crippen LogP contribution in [-0.2, 0) is 4.74 Å². The first-order valence-electron chi connectivity index (χ1n) is 8.83. The molecule has 2 aliphatic rings. The lowest BCUT2D eigenvalue weighted by molar-refractivity contribution is 0.122. The largest absolute Gasteiger partial charge is 0.378 e. The summed E-state index contributed by atoms with van der Waals surface area (Å²) in [6.45, 7) is 4.76. The number of morpholine rings is 1.